The third-order valence-electron chi connectivity index (χ3n) is 2.46. The van der Waals surface area contributed by atoms with Gasteiger partial charge in [-0.05, 0) is 60.1 Å². The summed E-state index contributed by atoms with van der Waals surface area (Å²) in [4.78, 5) is 36.4. The second-order valence-electron chi connectivity index (χ2n) is 7.19. The fourth-order valence-electron chi connectivity index (χ4n) is 1.64. The SMILES string of the molecule is Cc1cc(C=O)nnc1N(C(=O)OC(C)(C)C)C(=O)OC(C)(C)C. The van der Waals surface area contributed by atoms with Crippen LogP contribution in [0.5, 0.6) is 0 Å². The molecule has 1 aromatic heterocycles. The second-order valence-corrected chi connectivity index (χ2v) is 7.19. The summed E-state index contributed by atoms with van der Waals surface area (Å²) < 4.78 is 10.5. The number of aldehydes is 1. The lowest BCUT2D eigenvalue weighted by Crippen LogP contribution is -2.44. The molecule has 1 aromatic rings. The lowest BCUT2D eigenvalue weighted by atomic mass is 10.2. The van der Waals surface area contributed by atoms with Crippen LogP contribution >= 0.6 is 0 Å². The van der Waals surface area contributed by atoms with Crippen LogP contribution in [0.15, 0.2) is 6.07 Å². The summed E-state index contributed by atoms with van der Waals surface area (Å²) in [5, 5.41) is 7.46. The molecule has 0 spiro atoms. The summed E-state index contributed by atoms with van der Waals surface area (Å²) in [5.41, 5.74) is -1.14. The zero-order valence-corrected chi connectivity index (χ0v) is 15.0. The highest BCUT2D eigenvalue weighted by Gasteiger charge is 2.34. The van der Waals surface area contributed by atoms with Crippen LogP contribution in [0.4, 0.5) is 15.4 Å². The standard InChI is InChI=1S/C16H23N3O5/c1-10-8-11(9-20)17-18-12(10)19(13(21)23-15(2,3)4)14(22)24-16(5,6)7/h8-9H,1-7H3. The molecule has 0 fully saturated rings. The summed E-state index contributed by atoms with van der Waals surface area (Å²) in [6.07, 6.45) is -1.35. The number of imide groups is 1. The molecule has 2 amide bonds. The lowest BCUT2D eigenvalue weighted by Gasteiger charge is -2.28. The van der Waals surface area contributed by atoms with Gasteiger partial charge in [0.05, 0.1) is 0 Å². The minimum absolute atomic E-state index is 0.0518. The maximum Gasteiger partial charge on any atom is 0.425 e. The van der Waals surface area contributed by atoms with Crippen LogP contribution in [-0.2, 0) is 9.47 Å². The van der Waals surface area contributed by atoms with Gasteiger partial charge in [0.2, 0.25) is 0 Å². The third-order valence-corrected chi connectivity index (χ3v) is 2.46. The van der Waals surface area contributed by atoms with Gasteiger partial charge in [-0.2, -0.15) is 4.90 Å². The Hall–Kier alpha value is -2.51. The number of rotatable bonds is 2. The molecule has 0 aliphatic rings. The average molecular weight is 337 g/mol. The van der Waals surface area contributed by atoms with E-state index in [9.17, 15) is 14.4 Å². The number of aromatic nitrogens is 2. The quantitative estimate of drug-likeness (QED) is 0.764. The highest BCUT2D eigenvalue weighted by atomic mass is 16.6. The zero-order chi connectivity index (χ0) is 18.7. The van der Waals surface area contributed by atoms with E-state index in [1.807, 2.05) is 0 Å². The summed E-state index contributed by atoms with van der Waals surface area (Å²) in [7, 11) is 0. The number of anilines is 1. The van der Waals surface area contributed by atoms with Crippen molar-refractivity contribution in [2.24, 2.45) is 0 Å². The fraction of sp³-hybridized carbons (Fsp3) is 0.562. The number of ether oxygens (including phenoxy) is 2. The number of nitrogens with zero attached hydrogens (tertiary/aromatic N) is 3. The maximum absolute atomic E-state index is 12.5. The topological polar surface area (TPSA) is 98.7 Å². The van der Waals surface area contributed by atoms with E-state index in [1.54, 1.807) is 48.5 Å². The van der Waals surface area contributed by atoms with Crippen molar-refractivity contribution in [3.8, 4) is 0 Å². The van der Waals surface area contributed by atoms with Crippen molar-refractivity contribution in [2.45, 2.75) is 59.7 Å². The molecule has 0 radical (unpaired) electrons. The smallest absolute Gasteiger partial charge is 0.425 e. The Morgan fingerprint density at radius 3 is 1.79 bits per heavy atom. The Balaban J connectivity index is 3.30. The van der Waals surface area contributed by atoms with Crippen molar-refractivity contribution < 1.29 is 23.9 Å². The molecule has 8 heteroatoms. The van der Waals surface area contributed by atoms with Gasteiger partial charge in [0.15, 0.2) is 12.1 Å². The van der Waals surface area contributed by atoms with Crippen LogP contribution in [0.3, 0.4) is 0 Å². The molecule has 0 bridgehead atoms. The van der Waals surface area contributed by atoms with Crippen LogP contribution in [0.1, 0.15) is 57.6 Å². The monoisotopic (exact) mass is 337 g/mol. The van der Waals surface area contributed by atoms with Gasteiger partial charge >= 0.3 is 12.2 Å². The van der Waals surface area contributed by atoms with Crippen molar-refractivity contribution in [3.05, 3.63) is 17.3 Å². The van der Waals surface area contributed by atoms with Crippen molar-refractivity contribution in [1.29, 1.82) is 0 Å². The van der Waals surface area contributed by atoms with Crippen LogP contribution in [0.25, 0.3) is 0 Å². The summed E-state index contributed by atoms with van der Waals surface area (Å²) in [6, 6.07) is 1.41. The van der Waals surface area contributed by atoms with Gasteiger partial charge in [-0.3, -0.25) is 4.79 Å². The van der Waals surface area contributed by atoms with Gasteiger partial charge in [-0.25, -0.2) is 9.59 Å². The largest absolute Gasteiger partial charge is 0.443 e. The first-order valence-electron chi connectivity index (χ1n) is 7.39. The van der Waals surface area contributed by atoms with E-state index in [-0.39, 0.29) is 11.5 Å². The average Bonchev–Trinajstić information content (AvgIpc) is 2.36. The predicted octanol–water partition coefficient (Wildman–Crippen LogP) is 3.27. The van der Waals surface area contributed by atoms with E-state index >= 15 is 0 Å². The first-order valence-corrected chi connectivity index (χ1v) is 7.39. The fourth-order valence-corrected chi connectivity index (χ4v) is 1.64. The molecule has 0 aliphatic heterocycles. The van der Waals surface area contributed by atoms with E-state index in [1.165, 1.54) is 6.07 Å². The number of aryl methyl sites for hydroxylation is 1. The molecular weight excluding hydrogens is 314 g/mol. The van der Waals surface area contributed by atoms with E-state index in [0.717, 1.165) is 0 Å². The van der Waals surface area contributed by atoms with Gasteiger partial charge < -0.3 is 9.47 Å². The van der Waals surface area contributed by atoms with E-state index in [0.29, 0.717) is 16.7 Å². The molecule has 0 unspecified atom stereocenters. The highest BCUT2D eigenvalue weighted by molar-refractivity contribution is 6.09. The number of hydrogen-bond acceptors (Lipinski definition) is 7. The van der Waals surface area contributed by atoms with Crippen molar-refractivity contribution in [1.82, 2.24) is 10.2 Å². The molecule has 1 heterocycles. The van der Waals surface area contributed by atoms with Gasteiger partial charge in [-0.1, -0.05) is 0 Å². The highest BCUT2D eigenvalue weighted by Crippen LogP contribution is 2.22. The van der Waals surface area contributed by atoms with Gasteiger partial charge in [0, 0.05) is 0 Å². The van der Waals surface area contributed by atoms with Gasteiger partial charge in [0.25, 0.3) is 0 Å². The van der Waals surface area contributed by atoms with Crippen LogP contribution in [-0.4, -0.2) is 39.9 Å². The Labute approximate surface area is 141 Å². The predicted molar refractivity (Wildman–Crippen MR) is 87.1 cm³/mol. The normalized spacial score (nSPS) is 11.6. The molecule has 24 heavy (non-hydrogen) atoms. The number of amides is 2. The Kier molecular flexibility index (Phi) is 5.65. The molecule has 8 nitrogen and oxygen atoms in total. The molecule has 0 atom stereocenters. The van der Waals surface area contributed by atoms with Crippen molar-refractivity contribution in [3.63, 3.8) is 0 Å². The maximum atomic E-state index is 12.5. The van der Waals surface area contributed by atoms with E-state index < -0.39 is 23.4 Å². The summed E-state index contributed by atoms with van der Waals surface area (Å²) in [5.74, 6) is -0.0518. The van der Waals surface area contributed by atoms with Crippen LogP contribution < -0.4 is 4.90 Å². The first kappa shape index (κ1) is 19.5. The molecular formula is C16H23N3O5. The molecule has 0 saturated heterocycles. The van der Waals surface area contributed by atoms with Gasteiger partial charge in [-0.15, -0.1) is 10.2 Å². The van der Waals surface area contributed by atoms with Crippen LogP contribution in [0, 0.1) is 6.92 Å². The minimum atomic E-state index is -0.937. The molecule has 0 N–H and O–H groups in total. The number of carbonyl (C=O) groups excluding carboxylic acids is 3. The number of carbonyl (C=O) groups is 3. The summed E-state index contributed by atoms with van der Waals surface area (Å²) in [6.45, 7) is 11.6. The lowest BCUT2D eigenvalue weighted by molar-refractivity contribution is 0.0428. The summed E-state index contributed by atoms with van der Waals surface area (Å²) >= 11 is 0. The second kappa shape index (κ2) is 6.94. The van der Waals surface area contributed by atoms with Crippen LogP contribution in [0.2, 0.25) is 0 Å². The Morgan fingerprint density at radius 2 is 1.46 bits per heavy atom. The van der Waals surface area contributed by atoms with Crippen molar-refractivity contribution in [2.75, 3.05) is 4.90 Å². The Bertz CT molecular complexity index is 616. The van der Waals surface area contributed by atoms with Crippen molar-refractivity contribution >= 4 is 24.3 Å². The molecule has 0 saturated carbocycles. The minimum Gasteiger partial charge on any atom is -0.443 e. The zero-order valence-electron chi connectivity index (χ0n) is 15.0. The molecule has 132 valence electrons. The van der Waals surface area contributed by atoms with E-state index in [4.69, 9.17) is 9.47 Å². The molecule has 0 aliphatic carbocycles. The van der Waals surface area contributed by atoms with Gasteiger partial charge in [0.1, 0.15) is 16.9 Å². The molecule has 1 rings (SSSR count). The van der Waals surface area contributed by atoms with E-state index in [2.05, 4.69) is 10.2 Å². The first-order chi connectivity index (χ1) is 10.8. The Morgan fingerprint density at radius 1 is 1.00 bits per heavy atom. The molecule has 0 aromatic carbocycles. The number of hydrogen-bond donors (Lipinski definition) is 0. The third kappa shape index (κ3) is 5.60.